The van der Waals surface area contributed by atoms with E-state index < -0.39 is 124 Å². The molecule has 0 spiro atoms. The number of carbonyl (C=O) groups is 1. The van der Waals surface area contributed by atoms with Gasteiger partial charge in [-0.15, -0.1) is 0 Å². The van der Waals surface area contributed by atoms with E-state index in [1.54, 1.807) is 0 Å². The summed E-state index contributed by atoms with van der Waals surface area (Å²) in [5.74, 6) is -0.285. The fraction of sp³-hybridized carbons (Fsp3) is 0.822. The lowest BCUT2D eigenvalue weighted by atomic mass is 9.96. The molecule has 3 rings (SSSR count). The van der Waals surface area contributed by atoms with Crippen molar-refractivity contribution in [2.75, 3.05) is 26.4 Å². The van der Waals surface area contributed by atoms with Crippen molar-refractivity contribution in [1.29, 1.82) is 0 Å². The average Bonchev–Trinajstić information content (AvgIpc) is 0.838. The molecule has 0 aromatic rings. The van der Waals surface area contributed by atoms with Gasteiger partial charge < -0.3 is 89.9 Å². The Kier molecular flexibility index (Phi) is 49.2. The summed E-state index contributed by atoms with van der Waals surface area (Å²) < 4.78 is 34.4. The number of ether oxygens (including phenoxy) is 6. The third kappa shape index (κ3) is 35.5. The van der Waals surface area contributed by atoms with Crippen LogP contribution in [-0.2, 0) is 33.2 Å². The molecular formula is C73H129NO18. The monoisotopic (exact) mass is 1310 g/mol. The molecular weight excluding hydrogens is 1180 g/mol. The summed E-state index contributed by atoms with van der Waals surface area (Å²) in [4.78, 5) is 13.4. The van der Waals surface area contributed by atoms with E-state index in [1.165, 1.54) is 141 Å². The van der Waals surface area contributed by atoms with Crippen molar-refractivity contribution in [2.45, 2.75) is 356 Å². The molecule has 17 unspecified atom stereocenters. The first-order valence-electron chi connectivity index (χ1n) is 36.2. The molecule has 3 saturated heterocycles. The molecule has 534 valence electrons. The lowest BCUT2D eigenvalue weighted by Gasteiger charge is -2.48. The first kappa shape index (κ1) is 83.5. The maximum Gasteiger partial charge on any atom is 0.220 e. The normalized spacial score (nSPS) is 28.1. The molecule has 3 aliphatic rings. The van der Waals surface area contributed by atoms with Crippen LogP contribution in [0.15, 0.2) is 72.9 Å². The van der Waals surface area contributed by atoms with E-state index in [-0.39, 0.29) is 18.9 Å². The first-order valence-corrected chi connectivity index (χ1v) is 36.2. The number of unbranched alkanes of at least 4 members (excludes halogenated alkanes) is 27. The van der Waals surface area contributed by atoms with E-state index in [0.717, 1.165) is 70.6 Å². The minimum atomic E-state index is -1.98. The Morgan fingerprint density at radius 1 is 0.402 bits per heavy atom. The summed E-state index contributed by atoms with van der Waals surface area (Å²) in [5, 5.41) is 121. The number of nitrogens with one attached hydrogen (secondary N) is 1. The highest BCUT2D eigenvalue weighted by Crippen LogP contribution is 2.33. The van der Waals surface area contributed by atoms with Crippen LogP contribution in [0.1, 0.15) is 251 Å². The fourth-order valence-corrected chi connectivity index (χ4v) is 12.0. The Morgan fingerprint density at radius 2 is 0.750 bits per heavy atom. The zero-order valence-corrected chi connectivity index (χ0v) is 56.5. The molecule has 3 fully saturated rings. The van der Waals surface area contributed by atoms with Gasteiger partial charge in [0.2, 0.25) is 5.91 Å². The summed E-state index contributed by atoms with van der Waals surface area (Å²) in [6, 6.07) is -0.916. The standard InChI is InChI=1S/C73H129NO18/c1-3-5-7-9-11-13-15-17-19-21-23-25-26-27-28-29-31-32-34-36-38-40-42-44-46-48-50-57(78)56(74-61(79)51-49-47-45-43-41-39-37-35-33-30-24-22-20-18-16-14-12-10-8-6-4-2)55-87-71-67(85)64(82)69(59(53-76)89-71)92-73-68(86)65(83)70(60(54-77)90-73)91-72-66(84)63(81)62(80)58(52-75)88-72/h6,8,12,14,18,20,24,30,35,37,41,43,56-60,62-73,75-78,80-86H,3-5,7,9-11,13,15-17,19,21-23,25-29,31-34,36,38-40,42,44-55H2,1-2H3,(H,74,79)/b8-6-,14-12-,20-18-,30-24-,37-35-,43-41-. The van der Waals surface area contributed by atoms with Crippen molar-refractivity contribution in [1.82, 2.24) is 5.32 Å². The molecule has 3 aliphatic heterocycles. The van der Waals surface area contributed by atoms with Gasteiger partial charge in [0.15, 0.2) is 18.9 Å². The summed E-state index contributed by atoms with van der Waals surface area (Å²) >= 11 is 0. The summed E-state index contributed by atoms with van der Waals surface area (Å²) in [7, 11) is 0. The third-order valence-electron chi connectivity index (χ3n) is 17.8. The average molecular weight is 1310 g/mol. The second-order valence-electron chi connectivity index (χ2n) is 25.7. The Balaban J connectivity index is 1.43. The van der Waals surface area contributed by atoms with Crippen LogP contribution in [0.2, 0.25) is 0 Å². The van der Waals surface area contributed by atoms with E-state index in [9.17, 15) is 61.0 Å². The van der Waals surface area contributed by atoms with Crippen molar-refractivity contribution in [3.63, 3.8) is 0 Å². The van der Waals surface area contributed by atoms with Gasteiger partial charge in [0.05, 0.1) is 38.6 Å². The number of amides is 1. The maximum atomic E-state index is 13.4. The van der Waals surface area contributed by atoms with E-state index in [4.69, 9.17) is 28.4 Å². The van der Waals surface area contributed by atoms with Crippen molar-refractivity contribution in [3.8, 4) is 0 Å². The fourth-order valence-electron chi connectivity index (χ4n) is 12.0. The smallest absolute Gasteiger partial charge is 0.220 e. The van der Waals surface area contributed by atoms with E-state index in [2.05, 4.69) is 92.1 Å². The van der Waals surface area contributed by atoms with Crippen molar-refractivity contribution < 1.29 is 89.4 Å². The highest BCUT2D eigenvalue weighted by Gasteiger charge is 2.53. The van der Waals surface area contributed by atoms with Crippen LogP contribution in [0, 0.1) is 0 Å². The number of carbonyl (C=O) groups excluding carboxylic acids is 1. The summed E-state index contributed by atoms with van der Waals surface area (Å²) in [6.45, 7) is 1.67. The zero-order chi connectivity index (χ0) is 66.8. The number of hydrogen-bond donors (Lipinski definition) is 12. The Labute approximate surface area is 553 Å². The molecule has 0 saturated carbocycles. The molecule has 0 bridgehead atoms. The molecule has 19 nitrogen and oxygen atoms in total. The molecule has 3 heterocycles. The second kappa shape index (κ2) is 54.3. The van der Waals surface area contributed by atoms with Gasteiger partial charge in [-0.25, -0.2) is 0 Å². The van der Waals surface area contributed by atoms with E-state index in [0.29, 0.717) is 19.3 Å². The minimum absolute atomic E-state index is 0.208. The third-order valence-corrected chi connectivity index (χ3v) is 17.8. The Bertz CT molecular complexity index is 1950. The number of aliphatic hydroxyl groups excluding tert-OH is 11. The molecule has 19 heteroatoms. The lowest BCUT2D eigenvalue weighted by Crippen LogP contribution is -2.66. The predicted molar refractivity (Wildman–Crippen MR) is 360 cm³/mol. The quantitative estimate of drug-likeness (QED) is 0.0199. The van der Waals surface area contributed by atoms with Gasteiger partial charge in [0.1, 0.15) is 73.2 Å². The lowest BCUT2D eigenvalue weighted by molar-refractivity contribution is -0.379. The SMILES string of the molecule is CC/C=C\C/C=C\C/C=C\C/C=C\C/C=C\C/C=C\CCCCC(=O)NC(COC1OC(CO)C(OC2OC(CO)C(OC3OC(CO)C(O)C(O)C3O)C(O)C2O)C(O)C1O)C(O)CCCCCCCCCCCCCCCCCCCCCCCCCCCC. The topological polar surface area (TPSA) is 307 Å². The van der Waals surface area contributed by atoms with Gasteiger partial charge in [-0.2, -0.15) is 0 Å². The van der Waals surface area contributed by atoms with Crippen LogP contribution in [0.4, 0.5) is 0 Å². The maximum absolute atomic E-state index is 13.4. The van der Waals surface area contributed by atoms with E-state index in [1.807, 2.05) is 0 Å². The number of aliphatic hydroxyl groups is 11. The molecule has 12 N–H and O–H groups in total. The first-order chi connectivity index (χ1) is 44.8. The molecule has 0 aromatic carbocycles. The molecule has 0 aromatic heterocycles. The largest absolute Gasteiger partial charge is 0.394 e. The Hall–Kier alpha value is -2.77. The number of rotatable bonds is 55. The van der Waals surface area contributed by atoms with Crippen LogP contribution in [0.5, 0.6) is 0 Å². The highest BCUT2D eigenvalue weighted by atomic mass is 16.8. The molecule has 1 amide bonds. The van der Waals surface area contributed by atoms with Crippen LogP contribution < -0.4 is 5.32 Å². The van der Waals surface area contributed by atoms with Crippen molar-refractivity contribution >= 4 is 5.91 Å². The van der Waals surface area contributed by atoms with Crippen LogP contribution in [0.3, 0.4) is 0 Å². The van der Waals surface area contributed by atoms with Crippen LogP contribution in [0.25, 0.3) is 0 Å². The second-order valence-corrected chi connectivity index (χ2v) is 25.7. The van der Waals surface area contributed by atoms with Gasteiger partial charge >= 0.3 is 0 Å². The zero-order valence-electron chi connectivity index (χ0n) is 56.5. The molecule has 0 aliphatic carbocycles. The van der Waals surface area contributed by atoms with Crippen LogP contribution in [-0.4, -0.2) is 193 Å². The highest BCUT2D eigenvalue weighted by molar-refractivity contribution is 5.76. The predicted octanol–water partition coefficient (Wildman–Crippen LogP) is 10.1. The minimum Gasteiger partial charge on any atom is -0.394 e. The molecule has 0 radical (unpaired) electrons. The summed E-state index contributed by atoms with van der Waals surface area (Å²) in [6.07, 6.45) is 41.3. The van der Waals surface area contributed by atoms with Crippen molar-refractivity contribution in [2.24, 2.45) is 0 Å². The van der Waals surface area contributed by atoms with Gasteiger partial charge in [-0.1, -0.05) is 254 Å². The number of hydrogen-bond acceptors (Lipinski definition) is 18. The van der Waals surface area contributed by atoms with Crippen LogP contribution >= 0.6 is 0 Å². The summed E-state index contributed by atoms with van der Waals surface area (Å²) in [5.41, 5.74) is 0. The molecule has 92 heavy (non-hydrogen) atoms. The van der Waals surface area contributed by atoms with E-state index >= 15 is 0 Å². The Morgan fingerprint density at radius 3 is 1.15 bits per heavy atom. The number of allylic oxidation sites excluding steroid dienone is 12. The van der Waals surface area contributed by atoms with Gasteiger partial charge in [0.25, 0.3) is 0 Å². The van der Waals surface area contributed by atoms with Crippen molar-refractivity contribution in [3.05, 3.63) is 72.9 Å². The van der Waals surface area contributed by atoms with Gasteiger partial charge in [-0.3, -0.25) is 4.79 Å². The van der Waals surface area contributed by atoms with Gasteiger partial charge in [-0.05, 0) is 64.2 Å². The van der Waals surface area contributed by atoms with Gasteiger partial charge in [0, 0.05) is 6.42 Å². The molecule has 17 atom stereocenters.